The van der Waals surface area contributed by atoms with Crippen molar-refractivity contribution < 1.29 is 28.6 Å². The zero-order chi connectivity index (χ0) is 37.0. The largest absolute Gasteiger partial charge is 0.464 e. The zero-order valence-electron chi connectivity index (χ0n) is 31.0. The number of aromatic nitrogens is 3. The minimum atomic E-state index is -0.845. The molecule has 0 spiro atoms. The van der Waals surface area contributed by atoms with Gasteiger partial charge >= 0.3 is 5.97 Å². The minimum Gasteiger partial charge on any atom is -0.464 e. The Morgan fingerprint density at radius 1 is 1.21 bits per heavy atom. The van der Waals surface area contributed by atoms with E-state index >= 15 is 0 Å². The number of esters is 1. The molecule has 0 radical (unpaired) electrons. The number of aryl methyl sites for hydroxylation is 1. The molecule has 2 amide bonds. The van der Waals surface area contributed by atoms with E-state index in [0.29, 0.717) is 39.0 Å². The van der Waals surface area contributed by atoms with Crippen molar-refractivity contribution in [3.63, 3.8) is 0 Å². The van der Waals surface area contributed by atoms with Gasteiger partial charge < -0.3 is 24.1 Å². The summed E-state index contributed by atoms with van der Waals surface area (Å²) in [4.78, 5) is 51.1. The van der Waals surface area contributed by atoms with Gasteiger partial charge in [-0.2, -0.15) is 0 Å². The van der Waals surface area contributed by atoms with Gasteiger partial charge in [0.15, 0.2) is 0 Å². The van der Waals surface area contributed by atoms with Crippen molar-refractivity contribution in [1.82, 2.24) is 30.3 Å². The molecule has 1 saturated carbocycles. The van der Waals surface area contributed by atoms with Crippen LogP contribution in [0.1, 0.15) is 62.9 Å². The van der Waals surface area contributed by atoms with Gasteiger partial charge in [0.05, 0.1) is 48.0 Å². The number of pyridine rings is 1. The minimum absolute atomic E-state index is 0.123. The number of fused-ring (bicyclic) bond motifs is 7. The Kier molecular flexibility index (Phi) is 9.63. The van der Waals surface area contributed by atoms with Crippen LogP contribution in [0.4, 0.5) is 0 Å². The van der Waals surface area contributed by atoms with Crippen molar-refractivity contribution in [2.45, 2.75) is 78.1 Å². The highest BCUT2D eigenvalue weighted by molar-refractivity contribution is 7.10. The fourth-order valence-corrected chi connectivity index (χ4v) is 9.31. The molecule has 6 heterocycles. The molecule has 12 nitrogen and oxygen atoms in total. The number of cyclic esters (lactones) is 1. The summed E-state index contributed by atoms with van der Waals surface area (Å²) < 4.78 is 19.7. The van der Waals surface area contributed by atoms with Gasteiger partial charge in [-0.1, -0.05) is 19.9 Å². The van der Waals surface area contributed by atoms with Crippen LogP contribution in [0.15, 0.2) is 41.9 Å². The van der Waals surface area contributed by atoms with E-state index in [2.05, 4.69) is 60.3 Å². The summed E-state index contributed by atoms with van der Waals surface area (Å²) in [5.41, 5.74) is 9.66. The Morgan fingerprint density at radius 3 is 2.79 bits per heavy atom. The average molecular weight is 741 g/mol. The molecule has 6 bridgehead atoms. The van der Waals surface area contributed by atoms with E-state index in [1.807, 2.05) is 18.4 Å². The van der Waals surface area contributed by atoms with Crippen LogP contribution in [-0.4, -0.2) is 82.9 Å². The lowest BCUT2D eigenvalue weighted by Gasteiger charge is -2.35. The molecule has 4 aliphatic rings. The molecular weight excluding hydrogens is 693 g/mol. The molecule has 4 aromatic rings. The first-order chi connectivity index (χ1) is 25.6. The number of methoxy groups -OCH3 is 1. The Labute approximate surface area is 313 Å². The quantitative estimate of drug-likeness (QED) is 0.259. The Hall–Kier alpha value is -4.17. The predicted octanol–water partition coefficient (Wildman–Crippen LogP) is 5.09. The molecule has 1 aromatic carbocycles. The zero-order valence-corrected chi connectivity index (χ0v) is 31.8. The standard InChI is InChI=1S/C40H48N6O6S/c1-6-45-32-12-11-23-15-25(32)26(36(45)24-9-7-13-41-35(24)22(2)50-5)17-40(3,4)21-52-39(49)29-10-8-14-46(44-29)38(48)30(16-33-42-31(23)20-53-33)43-37(47)34-27-18-51-19-28(27)34/h7,9,11-13,15,20,22,27-30,34,44H,6,8,10,14,16-19,21H2,1-5H3,(H,43,47)/t22-,27-,28+,29-,30-,34?/m0/s1. The molecule has 3 aliphatic heterocycles. The fourth-order valence-electron chi connectivity index (χ4n) is 8.46. The number of hydrogen-bond acceptors (Lipinski definition) is 10. The van der Waals surface area contributed by atoms with Crippen LogP contribution >= 0.6 is 11.3 Å². The number of rotatable bonds is 6. The summed E-state index contributed by atoms with van der Waals surface area (Å²) >= 11 is 1.48. The van der Waals surface area contributed by atoms with Crippen LogP contribution in [0.2, 0.25) is 0 Å². The number of benzene rings is 1. The summed E-state index contributed by atoms with van der Waals surface area (Å²) in [6.07, 6.45) is 3.61. The lowest BCUT2D eigenvalue weighted by Crippen LogP contribution is -2.60. The summed E-state index contributed by atoms with van der Waals surface area (Å²) in [5, 5.41) is 8.44. The number of nitrogens with zero attached hydrogens (tertiary/aromatic N) is 4. The molecule has 1 unspecified atom stereocenters. The van der Waals surface area contributed by atoms with Crippen molar-refractivity contribution in [1.29, 1.82) is 0 Å². The fraction of sp³-hybridized carbons (Fsp3) is 0.525. The Morgan fingerprint density at radius 2 is 2.02 bits per heavy atom. The number of ether oxygens (including phenoxy) is 3. The van der Waals surface area contributed by atoms with Crippen LogP contribution in [0.25, 0.3) is 33.4 Å². The molecule has 1 aliphatic carbocycles. The summed E-state index contributed by atoms with van der Waals surface area (Å²) in [6, 6.07) is 9.02. The van der Waals surface area contributed by atoms with Gasteiger partial charge in [0, 0.05) is 71.6 Å². The van der Waals surface area contributed by atoms with Gasteiger partial charge in [-0.15, -0.1) is 11.3 Å². The van der Waals surface area contributed by atoms with E-state index in [4.69, 9.17) is 24.2 Å². The number of thiazole rings is 1. The molecule has 13 heteroatoms. The van der Waals surface area contributed by atoms with Crippen molar-refractivity contribution in [2.24, 2.45) is 23.2 Å². The first-order valence-electron chi connectivity index (χ1n) is 18.8. The molecule has 280 valence electrons. The first kappa shape index (κ1) is 35.8. The van der Waals surface area contributed by atoms with Gasteiger partial charge in [-0.25, -0.2) is 10.4 Å². The highest BCUT2D eigenvalue weighted by Gasteiger charge is 2.58. The van der Waals surface area contributed by atoms with Crippen molar-refractivity contribution in [3.05, 3.63) is 58.2 Å². The molecule has 2 saturated heterocycles. The molecule has 3 aromatic heterocycles. The van der Waals surface area contributed by atoms with Gasteiger partial charge in [0.2, 0.25) is 5.91 Å². The lowest BCUT2D eigenvalue weighted by molar-refractivity contribution is -0.155. The second-order valence-corrected chi connectivity index (χ2v) is 16.6. The van der Waals surface area contributed by atoms with E-state index in [-0.39, 0.29) is 48.7 Å². The first-order valence-corrected chi connectivity index (χ1v) is 19.6. The molecular formula is C40H48N6O6S. The highest BCUT2D eigenvalue weighted by atomic mass is 32.1. The van der Waals surface area contributed by atoms with E-state index in [1.54, 1.807) is 13.3 Å². The SMILES string of the molecule is CCn1c(-c2cccnc2[C@H](C)OC)c2c3cc(ccc31)-c1csc(n1)C[C@H](NC(=O)C1[C@H]3COC[C@@H]13)C(=O)N1CCC[C@H](N1)C(=O)OCC(C)(C)C2. The third-order valence-corrected chi connectivity index (χ3v) is 12.3. The number of carbonyl (C=O) groups is 3. The third-order valence-electron chi connectivity index (χ3n) is 11.4. The summed E-state index contributed by atoms with van der Waals surface area (Å²) in [7, 11) is 1.70. The number of hydrogen-bond donors (Lipinski definition) is 2. The van der Waals surface area contributed by atoms with Crippen LogP contribution in [0, 0.1) is 23.2 Å². The normalized spacial score (nSPS) is 26.1. The van der Waals surface area contributed by atoms with E-state index < -0.39 is 23.5 Å². The second kappa shape index (κ2) is 14.2. The predicted molar refractivity (Wildman–Crippen MR) is 201 cm³/mol. The maximum atomic E-state index is 14.1. The third kappa shape index (κ3) is 6.77. The molecule has 6 atom stereocenters. The van der Waals surface area contributed by atoms with E-state index in [0.717, 1.165) is 56.2 Å². The summed E-state index contributed by atoms with van der Waals surface area (Å²) in [6.45, 7) is 10.9. The monoisotopic (exact) mass is 740 g/mol. The Bertz CT molecular complexity index is 2050. The summed E-state index contributed by atoms with van der Waals surface area (Å²) in [5.74, 6) is -0.519. The molecule has 8 rings (SSSR count). The van der Waals surface area contributed by atoms with Crippen molar-refractivity contribution in [2.75, 3.05) is 33.5 Å². The maximum Gasteiger partial charge on any atom is 0.324 e. The smallest absolute Gasteiger partial charge is 0.324 e. The second-order valence-electron chi connectivity index (χ2n) is 15.7. The number of hydrazine groups is 1. The average Bonchev–Trinajstić information content (AvgIpc) is 3.50. The van der Waals surface area contributed by atoms with E-state index in [1.165, 1.54) is 16.3 Å². The van der Waals surface area contributed by atoms with Crippen LogP contribution in [-0.2, 0) is 48.0 Å². The van der Waals surface area contributed by atoms with Crippen molar-refractivity contribution in [3.8, 4) is 22.5 Å². The number of amides is 2. The van der Waals surface area contributed by atoms with E-state index in [9.17, 15) is 14.4 Å². The molecule has 3 fully saturated rings. The van der Waals surface area contributed by atoms with Crippen LogP contribution < -0.4 is 10.7 Å². The van der Waals surface area contributed by atoms with Gasteiger partial charge in [0.1, 0.15) is 12.1 Å². The lowest BCUT2D eigenvalue weighted by atomic mass is 9.84. The molecule has 53 heavy (non-hydrogen) atoms. The van der Waals surface area contributed by atoms with Gasteiger partial charge in [-0.3, -0.25) is 24.4 Å². The topological polar surface area (TPSA) is 137 Å². The number of carbonyl (C=O) groups excluding carboxylic acids is 3. The Balaban J connectivity index is 1.22. The van der Waals surface area contributed by atoms with Crippen LogP contribution in [0.5, 0.6) is 0 Å². The maximum absolute atomic E-state index is 14.1. The van der Waals surface area contributed by atoms with Gasteiger partial charge in [-0.05, 0) is 74.8 Å². The van der Waals surface area contributed by atoms with Crippen molar-refractivity contribution >= 4 is 40.0 Å². The van der Waals surface area contributed by atoms with Crippen LogP contribution in [0.3, 0.4) is 0 Å². The molecule has 2 N–H and O–H groups in total. The number of nitrogens with one attached hydrogen (secondary N) is 2. The highest BCUT2D eigenvalue weighted by Crippen LogP contribution is 2.51. The van der Waals surface area contributed by atoms with Gasteiger partial charge in [0.25, 0.3) is 5.91 Å².